The predicted molar refractivity (Wildman–Crippen MR) is 105 cm³/mol. The lowest BCUT2D eigenvalue weighted by Gasteiger charge is -2.38. The molecule has 0 atom stereocenters. The second kappa shape index (κ2) is 7.08. The molecule has 1 saturated heterocycles. The van der Waals surface area contributed by atoms with Gasteiger partial charge in [-0.15, -0.1) is 0 Å². The summed E-state index contributed by atoms with van der Waals surface area (Å²) < 4.78 is 5.83. The van der Waals surface area contributed by atoms with E-state index in [1.807, 2.05) is 41.3 Å². The molecule has 1 fully saturated rings. The van der Waals surface area contributed by atoms with Gasteiger partial charge in [-0.25, -0.2) is 0 Å². The van der Waals surface area contributed by atoms with E-state index in [-0.39, 0.29) is 5.91 Å². The zero-order chi connectivity index (χ0) is 19.0. The standard InChI is InChI=1S/C21H19ClN2O3/c1-13(26)24-9-14(10-24)12-27-17-4-2-15(3-5-17)18-6-19-16(11-25)8-23-21(19)7-20(18)22/h2-8,11,14,23H,9-10,12H2,1H3. The average Bonchev–Trinajstić information content (AvgIpc) is 3.01. The van der Waals surface area contributed by atoms with E-state index in [2.05, 4.69) is 4.98 Å². The molecule has 1 aliphatic heterocycles. The van der Waals surface area contributed by atoms with Gasteiger partial charge in [-0.05, 0) is 29.8 Å². The number of carbonyl (C=O) groups excluding carboxylic acids is 2. The summed E-state index contributed by atoms with van der Waals surface area (Å²) >= 11 is 6.43. The molecule has 6 heteroatoms. The quantitative estimate of drug-likeness (QED) is 0.674. The molecule has 0 radical (unpaired) electrons. The van der Waals surface area contributed by atoms with Crippen molar-refractivity contribution in [2.24, 2.45) is 5.92 Å². The third-order valence-electron chi connectivity index (χ3n) is 4.98. The highest BCUT2D eigenvalue weighted by Crippen LogP contribution is 2.34. The Morgan fingerprint density at radius 2 is 2.04 bits per heavy atom. The molecule has 0 saturated carbocycles. The number of hydrogen-bond acceptors (Lipinski definition) is 3. The number of aromatic nitrogens is 1. The highest BCUT2D eigenvalue weighted by molar-refractivity contribution is 6.34. The summed E-state index contributed by atoms with van der Waals surface area (Å²) in [4.78, 5) is 27.3. The fourth-order valence-electron chi connectivity index (χ4n) is 3.36. The van der Waals surface area contributed by atoms with Gasteiger partial charge in [-0.2, -0.15) is 0 Å². The molecule has 1 amide bonds. The molecular weight excluding hydrogens is 364 g/mol. The maximum Gasteiger partial charge on any atom is 0.219 e. The zero-order valence-electron chi connectivity index (χ0n) is 14.9. The Labute approximate surface area is 161 Å². The average molecular weight is 383 g/mol. The molecule has 5 nitrogen and oxygen atoms in total. The van der Waals surface area contributed by atoms with Gasteiger partial charge in [0.1, 0.15) is 5.75 Å². The van der Waals surface area contributed by atoms with Gasteiger partial charge >= 0.3 is 0 Å². The van der Waals surface area contributed by atoms with E-state index in [0.717, 1.165) is 47.2 Å². The van der Waals surface area contributed by atoms with Crippen LogP contribution in [-0.2, 0) is 4.79 Å². The number of nitrogens with one attached hydrogen (secondary N) is 1. The number of carbonyl (C=O) groups is 2. The van der Waals surface area contributed by atoms with Crippen molar-refractivity contribution in [3.63, 3.8) is 0 Å². The van der Waals surface area contributed by atoms with Crippen LogP contribution in [0.5, 0.6) is 5.75 Å². The lowest BCUT2D eigenvalue weighted by molar-refractivity contribution is -0.135. The van der Waals surface area contributed by atoms with Crippen molar-refractivity contribution in [3.8, 4) is 16.9 Å². The van der Waals surface area contributed by atoms with Crippen LogP contribution in [0.15, 0.2) is 42.6 Å². The number of likely N-dealkylation sites (tertiary alicyclic amines) is 1. The summed E-state index contributed by atoms with van der Waals surface area (Å²) in [5, 5.41) is 1.47. The Morgan fingerprint density at radius 3 is 2.70 bits per heavy atom. The van der Waals surface area contributed by atoms with E-state index in [0.29, 0.717) is 23.1 Å². The number of hydrogen-bond donors (Lipinski definition) is 1. The molecule has 1 N–H and O–H groups in total. The molecule has 3 aromatic rings. The Balaban J connectivity index is 1.47. The molecule has 0 aliphatic carbocycles. The molecule has 2 aromatic carbocycles. The van der Waals surface area contributed by atoms with Gasteiger partial charge in [-0.3, -0.25) is 9.59 Å². The first-order valence-corrected chi connectivity index (χ1v) is 9.17. The minimum atomic E-state index is 0.115. The first kappa shape index (κ1) is 17.6. The summed E-state index contributed by atoms with van der Waals surface area (Å²) in [6, 6.07) is 11.5. The van der Waals surface area contributed by atoms with Crippen molar-refractivity contribution in [2.75, 3.05) is 19.7 Å². The highest BCUT2D eigenvalue weighted by atomic mass is 35.5. The Hall–Kier alpha value is -2.79. The lowest BCUT2D eigenvalue weighted by atomic mass is 10.0. The number of fused-ring (bicyclic) bond motifs is 1. The van der Waals surface area contributed by atoms with Crippen LogP contribution in [0.3, 0.4) is 0 Å². The summed E-state index contributed by atoms with van der Waals surface area (Å²) in [7, 11) is 0. The monoisotopic (exact) mass is 382 g/mol. The summed E-state index contributed by atoms with van der Waals surface area (Å²) in [5.41, 5.74) is 3.28. The molecule has 1 aliphatic rings. The van der Waals surface area contributed by atoms with Crippen molar-refractivity contribution in [2.45, 2.75) is 6.92 Å². The number of amides is 1. The molecule has 1 aromatic heterocycles. The second-order valence-electron chi connectivity index (χ2n) is 6.86. The number of nitrogens with zero attached hydrogens (tertiary/aromatic N) is 1. The highest BCUT2D eigenvalue weighted by Gasteiger charge is 2.28. The number of aldehydes is 1. The molecule has 0 spiro atoms. The van der Waals surface area contributed by atoms with Crippen LogP contribution in [-0.4, -0.2) is 41.8 Å². The van der Waals surface area contributed by atoms with Gasteiger partial charge in [0, 0.05) is 54.2 Å². The first-order valence-electron chi connectivity index (χ1n) is 8.79. The number of rotatable bonds is 5. The number of halogens is 1. The molecule has 27 heavy (non-hydrogen) atoms. The number of H-pyrrole nitrogens is 1. The van der Waals surface area contributed by atoms with Crippen LogP contribution < -0.4 is 4.74 Å². The maximum absolute atomic E-state index is 11.2. The summed E-state index contributed by atoms with van der Waals surface area (Å²) in [6.45, 7) is 3.71. The van der Waals surface area contributed by atoms with Crippen molar-refractivity contribution in [1.82, 2.24) is 9.88 Å². The largest absolute Gasteiger partial charge is 0.493 e. The molecule has 0 unspecified atom stereocenters. The molecule has 2 heterocycles. The van der Waals surface area contributed by atoms with E-state index >= 15 is 0 Å². The number of ether oxygens (including phenoxy) is 1. The number of aromatic amines is 1. The summed E-state index contributed by atoms with van der Waals surface area (Å²) in [6.07, 6.45) is 2.52. The van der Waals surface area contributed by atoms with Crippen LogP contribution in [0.2, 0.25) is 5.02 Å². The normalized spacial score (nSPS) is 14.2. The zero-order valence-corrected chi connectivity index (χ0v) is 15.6. The van der Waals surface area contributed by atoms with Gasteiger partial charge in [0.2, 0.25) is 5.91 Å². The van der Waals surface area contributed by atoms with E-state index in [1.165, 1.54) is 0 Å². The van der Waals surface area contributed by atoms with Gasteiger partial charge in [0.25, 0.3) is 0 Å². The van der Waals surface area contributed by atoms with Crippen LogP contribution in [0.25, 0.3) is 22.0 Å². The van der Waals surface area contributed by atoms with E-state index in [1.54, 1.807) is 13.1 Å². The fraction of sp³-hybridized carbons (Fsp3) is 0.238. The fourth-order valence-corrected chi connectivity index (χ4v) is 3.63. The lowest BCUT2D eigenvalue weighted by Crippen LogP contribution is -2.51. The molecule has 138 valence electrons. The molecular formula is C21H19ClN2O3. The second-order valence-corrected chi connectivity index (χ2v) is 7.27. The summed E-state index contributed by atoms with van der Waals surface area (Å²) in [5.74, 6) is 1.29. The van der Waals surface area contributed by atoms with Crippen molar-refractivity contribution >= 4 is 34.7 Å². The third kappa shape index (κ3) is 3.43. The molecule has 0 bridgehead atoms. The van der Waals surface area contributed by atoms with Crippen LogP contribution in [0.4, 0.5) is 0 Å². The van der Waals surface area contributed by atoms with Gasteiger partial charge in [0.15, 0.2) is 6.29 Å². The van der Waals surface area contributed by atoms with E-state index in [4.69, 9.17) is 16.3 Å². The van der Waals surface area contributed by atoms with E-state index < -0.39 is 0 Å². The number of benzene rings is 2. The topological polar surface area (TPSA) is 62.4 Å². The Bertz CT molecular complexity index is 1000. The Kier molecular flexibility index (Phi) is 4.62. The van der Waals surface area contributed by atoms with Gasteiger partial charge in [0.05, 0.1) is 11.6 Å². The first-order chi connectivity index (χ1) is 13.0. The van der Waals surface area contributed by atoms with Crippen LogP contribution in [0, 0.1) is 5.92 Å². The predicted octanol–water partition coefficient (Wildman–Crippen LogP) is 4.16. The SMILES string of the molecule is CC(=O)N1CC(COc2ccc(-c3cc4c(C=O)c[nH]c4cc3Cl)cc2)C1. The minimum Gasteiger partial charge on any atom is -0.493 e. The van der Waals surface area contributed by atoms with Crippen LogP contribution >= 0.6 is 11.6 Å². The smallest absolute Gasteiger partial charge is 0.219 e. The van der Waals surface area contributed by atoms with Crippen molar-refractivity contribution in [3.05, 3.63) is 53.2 Å². The van der Waals surface area contributed by atoms with Crippen LogP contribution in [0.1, 0.15) is 17.3 Å². The van der Waals surface area contributed by atoms with Gasteiger partial charge in [-0.1, -0.05) is 23.7 Å². The van der Waals surface area contributed by atoms with E-state index in [9.17, 15) is 9.59 Å². The van der Waals surface area contributed by atoms with Crippen molar-refractivity contribution < 1.29 is 14.3 Å². The Morgan fingerprint density at radius 1 is 1.30 bits per heavy atom. The molecule has 4 rings (SSSR count). The maximum atomic E-state index is 11.2. The van der Waals surface area contributed by atoms with Crippen molar-refractivity contribution in [1.29, 1.82) is 0 Å². The minimum absolute atomic E-state index is 0.115. The third-order valence-corrected chi connectivity index (χ3v) is 5.29. The van der Waals surface area contributed by atoms with Gasteiger partial charge < -0.3 is 14.6 Å².